The third-order valence-corrected chi connectivity index (χ3v) is 3.03. The number of esters is 1. The van der Waals surface area contributed by atoms with Gasteiger partial charge in [0.25, 0.3) is 0 Å². The lowest BCUT2D eigenvalue weighted by Gasteiger charge is -2.12. The van der Waals surface area contributed by atoms with Crippen LogP contribution in [0.3, 0.4) is 0 Å². The quantitative estimate of drug-likeness (QED) is 0.495. The van der Waals surface area contributed by atoms with Gasteiger partial charge in [0.2, 0.25) is 0 Å². The maximum Gasteiger partial charge on any atom is 0.357 e. The highest BCUT2D eigenvalue weighted by Gasteiger charge is 2.21. The van der Waals surface area contributed by atoms with Crippen LogP contribution >= 0.6 is 23.2 Å². The number of hydrogen-bond acceptors (Lipinski definition) is 4. The average Bonchev–Trinajstić information content (AvgIpc) is 2.80. The molecular weight excluding hydrogens is 289 g/mol. The molecule has 2 rings (SSSR count). The topological polar surface area (TPSA) is 56.5 Å². The van der Waals surface area contributed by atoms with E-state index in [9.17, 15) is 4.79 Å². The van der Waals surface area contributed by atoms with Crippen LogP contribution in [0.15, 0.2) is 12.3 Å². The summed E-state index contributed by atoms with van der Waals surface area (Å²) in [6.45, 7) is 3.55. The Hall–Kier alpha value is -1.33. The lowest BCUT2D eigenvalue weighted by Crippen LogP contribution is -2.17. The predicted octanol–water partition coefficient (Wildman–Crippen LogP) is 2.73. The first-order valence-electron chi connectivity index (χ1n) is 5.83. The largest absolute Gasteiger partial charge is 0.458 e. The molecule has 2 aromatic heterocycles. The molecule has 0 radical (unpaired) electrons. The highest BCUT2D eigenvalue weighted by Crippen LogP contribution is 2.22. The number of rotatable bonds is 4. The van der Waals surface area contributed by atoms with E-state index in [4.69, 9.17) is 27.9 Å². The van der Waals surface area contributed by atoms with Crippen LogP contribution in [0.5, 0.6) is 0 Å². The maximum absolute atomic E-state index is 12.1. The summed E-state index contributed by atoms with van der Waals surface area (Å²) >= 11 is 12.0. The molecule has 0 aliphatic heterocycles. The fourth-order valence-electron chi connectivity index (χ4n) is 1.69. The summed E-state index contributed by atoms with van der Waals surface area (Å²) in [7, 11) is 0. The molecule has 0 N–H and O–H groups in total. The summed E-state index contributed by atoms with van der Waals surface area (Å²) in [5, 5.41) is 4.39. The molecule has 0 bridgehead atoms. The Morgan fingerprint density at radius 2 is 2.26 bits per heavy atom. The van der Waals surface area contributed by atoms with Gasteiger partial charge in [-0.1, -0.05) is 11.6 Å². The van der Waals surface area contributed by atoms with Crippen molar-refractivity contribution in [1.82, 2.24) is 14.6 Å². The number of halogens is 2. The van der Waals surface area contributed by atoms with Gasteiger partial charge in [0, 0.05) is 17.5 Å². The minimum atomic E-state index is -0.499. The van der Waals surface area contributed by atoms with Gasteiger partial charge in [0.05, 0.1) is 12.3 Å². The molecule has 0 atom stereocenters. The van der Waals surface area contributed by atoms with E-state index in [0.29, 0.717) is 28.7 Å². The van der Waals surface area contributed by atoms with E-state index in [0.717, 1.165) is 0 Å². The molecule has 7 heteroatoms. The zero-order valence-corrected chi connectivity index (χ0v) is 12.1. The molecule has 19 heavy (non-hydrogen) atoms. The van der Waals surface area contributed by atoms with Crippen LogP contribution in [-0.4, -0.2) is 32.6 Å². The summed E-state index contributed by atoms with van der Waals surface area (Å²) in [4.78, 5) is 16.3. The number of fused-ring (bicyclic) bond motifs is 1. The molecule has 0 aliphatic carbocycles. The van der Waals surface area contributed by atoms with Crippen molar-refractivity contribution in [3.05, 3.63) is 28.7 Å². The van der Waals surface area contributed by atoms with Crippen LogP contribution in [0.4, 0.5) is 0 Å². The van der Waals surface area contributed by atoms with E-state index in [1.807, 2.05) is 0 Å². The number of ether oxygens (including phenoxy) is 1. The minimum Gasteiger partial charge on any atom is -0.458 e. The monoisotopic (exact) mass is 301 g/mol. The minimum absolute atomic E-state index is 0.201. The van der Waals surface area contributed by atoms with E-state index in [1.54, 1.807) is 26.1 Å². The summed E-state index contributed by atoms with van der Waals surface area (Å²) in [5.41, 5.74) is 1.25. The van der Waals surface area contributed by atoms with Crippen LogP contribution < -0.4 is 0 Å². The van der Waals surface area contributed by atoms with Gasteiger partial charge >= 0.3 is 5.97 Å². The van der Waals surface area contributed by atoms with E-state index in [1.165, 1.54) is 4.52 Å². The Bertz CT molecular complexity index is 610. The molecule has 0 fully saturated rings. The van der Waals surface area contributed by atoms with Gasteiger partial charge in [0.15, 0.2) is 11.3 Å². The van der Waals surface area contributed by atoms with E-state index < -0.39 is 5.97 Å². The summed E-state index contributed by atoms with van der Waals surface area (Å²) < 4.78 is 6.64. The zero-order chi connectivity index (χ0) is 14.0. The highest BCUT2D eigenvalue weighted by atomic mass is 35.5. The van der Waals surface area contributed by atoms with Gasteiger partial charge in [-0.05, 0) is 20.3 Å². The van der Waals surface area contributed by atoms with Crippen LogP contribution in [0, 0.1) is 0 Å². The molecule has 0 saturated heterocycles. The average molecular weight is 302 g/mol. The van der Waals surface area contributed by atoms with Crippen LogP contribution in [0.25, 0.3) is 5.65 Å². The van der Waals surface area contributed by atoms with Crippen LogP contribution in [-0.2, 0) is 11.2 Å². The van der Waals surface area contributed by atoms with Crippen LogP contribution in [0.1, 0.15) is 29.9 Å². The third kappa shape index (κ3) is 2.82. The zero-order valence-electron chi connectivity index (χ0n) is 10.6. The number of alkyl halides is 1. The molecule has 5 nitrogen and oxygen atoms in total. The molecule has 102 valence electrons. The summed E-state index contributed by atoms with van der Waals surface area (Å²) in [6.07, 6.45) is 1.76. The molecular formula is C12H13Cl2N3O2. The van der Waals surface area contributed by atoms with E-state index in [-0.39, 0.29) is 11.8 Å². The predicted molar refractivity (Wildman–Crippen MR) is 73.0 cm³/mol. The Kier molecular flexibility index (Phi) is 4.27. The third-order valence-electron chi connectivity index (χ3n) is 2.45. The first kappa shape index (κ1) is 14.1. The Labute approximate surface area is 120 Å². The van der Waals surface area contributed by atoms with E-state index in [2.05, 4.69) is 10.1 Å². The van der Waals surface area contributed by atoms with Gasteiger partial charge in [0.1, 0.15) is 5.15 Å². The fourth-order valence-corrected chi connectivity index (χ4v) is 2.20. The normalized spacial score (nSPS) is 11.2. The number of carbonyl (C=O) groups is 1. The van der Waals surface area contributed by atoms with Crippen molar-refractivity contribution >= 4 is 34.8 Å². The molecule has 0 aliphatic rings. The van der Waals surface area contributed by atoms with Crippen molar-refractivity contribution in [1.29, 1.82) is 0 Å². The van der Waals surface area contributed by atoms with E-state index >= 15 is 0 Å². The van der Waals surface area contributed by atoms with Crippen molar-refractivity contribution in [2.45, 2.75) is 26.4 Å². The van der Waals surface area contributed by atoms with Gasteiger partial charge in [-0.15, -0.1) is 11.6 Å². The van der Waals surface area contributed by atoms with Gasteiger partial charge in [-0.2, -0.15) is 5.10 Å². The number of hydrogen-bond donors (Lipinski definition) is 0. The molecule has 0 saturated carbocycles. The number of nitrogens with zero attached hydrogens (tertiary/aromatic N) is 3. The molecule has 0 unspecified atom stereocenters. The maximum atomic E-state index is 12.1. The van der Waals surface area contributed by atoms with Crippen molar-refractivity contribution < 1.29 is 9.53 Å². The Morgan fingerprint density at radius 1 is 1.53 bits per heavy atom. The molecule has 0 spiro atoms. The van der Waals surface area contributed by atoms with Gasteiger partial charge in [-0.25, -0.2) is 14.3 Å². The molecule has 0 aromatic carbocycles. The first-order chi connectivity index (χ1) is 9.04. The summed E-state index contributed by atoms with van der Waals surface area (Å²) in [5.74, 6) is -0.170. The van der Waals surface area contributed by atoms with Crippen molar-refractivity contribution in [2.75, 3.05) is 5.88 Å². The molecule has 0 amide bonds. The van der Waals surface area contributed by atoms with Gasteiger partial charge in [-0.3, -0.25) is 0 Å². The number of aromatic nitrogens is 3. The second kappa shape index (κ2) is 5.75. The van der Waals surface area contributed by atoms with Gasteiger partial charge < -0.3 is 4.74 Å². The second-order valence-corrected chi connectivity index (χ2v) is 4.96. The van der Waals surface area contributed by atoms with Crippen molar-refractivity contribution in [3.8, 4) is 0 Å². The Morgan fingerprint density at radius 3 is 2.89 bits per heavy atom. The lowest BCUT2D eigenvalue weighted by molar-refractivity contribution is 0.0369. The fraction of sp³-hybridized carbons (Fsp3) is 0.417. The SMILES string of the molecule is CC(C)OC(=O)c1nc2ccnn2c(Cl)c1CCCl. The first-order valence-corrected chi connectivity index (χ1v) is 6.75. The van der Waals surface area contributed by atoms with Crippen molar-refractivity contribution in [2.24, 2.45) is 0 Å². The second-order valence-electron chi connectivity index (χ2n) is 4.22. The standard InChI is InChI=1S/C12H13Cl2N3O2/c1-7(2)19-12(18)10-8(3-5-13)11(14)17-9(16-10)4-6-15-17/h4,6-7H,3,5H2,1-2H3. The lowest BCUT2D eigenvalue weighted by atomic mass is 10.2. The smallest absolute Gasteiger partial charge is 0.357 e. The molecule has 2 heterocycles. The number of carbonyl (C=O) groups excluding carboxylic acids is 1. The van der Waals surface area contributed by atoms with Crippen LogP contribution in [0.2, 0.25) is 5.15 Å². The Balaban J connectivity index is 2.56. The highest BCUT2D eigenvalue weighted by molar-refractivity contribution is 6.31. The molecule has 2 aromatic rings. The van der Waals surface area contributed by atoms with Crippen molar-refractivity contribution in [3.63, 3.8) is 0 Å². The summed E-state index contributed by atoms with van der Waals surface area (Å²) in [6, 6.07) is 1.67.